The predicted molar refractivity (Wildman–Crippen MR) is 81.0 cm³/mol. The van der Waals surface area contributed by atoms with E-state index in [-0.39, 0.29) is 11.3 Å². The third-order valence-corrected chi connectivity index (χ3v) is 4.61. The molecule has 20 heavy (non-hydrogen) atoms. The van der Waals surface area contributed by atoms with Crippen molar-refractivity contribution < 1.29 is 4.79 Å². The SMILES string of the molecule is CCCn1ccnc1C(=O)C1(N(CC)CC)CCCC1. The van der Waals surface area contributed by atoms with Gasteiger partial charge in [-0.05, 0) is 32.4 Å². The fourth-order valence-electron chi connectivity index (χ4n) is 3.62. The van der Waals surface area contributed by atoms with Crippen molar-refractivity contribution in [1.82, 2.24) is 14.5 Å². The quantitative estimate of drug-likeness (QED) is 0.719. The summed E-state index contributed by atoms with van der Waals surface area (Å²) >= 11 is 0. The summed E-state index contributed by atoms with van der Waals surface area (Å²) in [7, 11) is 0. The van der Waals surface area contributed by atoms with Gasteiger partial charge < -0.3 is 4.57 Å². The molecule has 1 aromatic heterocycles. The average Bonchev–Trinajstić information content (AvgIpc) is 3.10. The molecule has 0 spiro atoms. The number of nitrogens with zero attached hydrogens (tertiary/aromatic N) is 3. The summed E-state index contributed by atoms with van der Waals surface area (Å²) in [5.74, 6) is 0.887. The Bertz CT molecular complexity index is 442. The molecule has 0 aliphatic heterocycles. The van der Waals surface area contributed by atoms with Crippen LogP contribution in [0.4, 0.5) is 0 Å². The molecule has 4 nitrogen and oxygen atoms in total. The van der Waals surface area contributed by atoms with Crippen LogP contribution in [0.2, 0.25) is 0 Å². The maximum Gasteiger partial charge on any atom is 0.218 e. The highest BCUT2D eigenvalue weighted by molar-refractivity contribution is 6.00. The molecule has 4 heteroatoms. The van der Waals surface area contributed by atoms with Gasteiger partial charge in [-0.15, -0.1) is 0 Å². The van der Waals surface area contributed by atoms with Gasteiger partial charge >= 0.3 is 0 Å². The first-order valence-corrected chi connectivity index (χ1v) is 8.00. The van der Waals surface area contributed by atoms with Crippen LogP contribution in [0.3, 0.4) is 0 Å². The zero-order valence-corrected chi connectivity index (χ0v) is 13.1. The lowest BCUT2D eigenvalue weighted by Gasteiger charge is -2.38. The molecule has 112 valence electrons. The number of carbonyl (C=O) groups is 1. The molecule has 0 amide bonds. The summed E-state index contributed by atoms with van der Waals surface area (Å²) < 4.78 is 2.02. The van der Waals surface area contributed by atoms with Crippen LogP contribution >= 0.6 is 0 Å². The number of hydrogen-bond donors (Lipinski definition) is 0. The molecule has 0 saturated heterocycles. The Morgan fingerprint density at radius 1 is 1.30 bits per heavy atom. The summed E-state index contributed by atoms with van der Waals surface area (Å²) in [6.45, 7) is 9.15. The van der Waals surface area contributed by atoms with E-state index >= 15 is 0 Å². The molecule has 0 N–H and O–H groups in total. The molecule has 0 atom stereocenters. The van der Waals surface area contributed by atoms with E-state index in [0.29, 0.717) is 5.82 Å². The first-order chi connectivity index (χ1) is 9.69. The monoisotopic (exact) mass is 277 g/mol. The second-order valence-corrected chi connectivity index (χ2v) is 5.68. The Morgan fingerprint density at radius 3 is 2.50 bits per heavy atom. The van der Waals surface area contributed by atoms with Gasteiger partial charge in [0.15, 0.2) is 5.82 Å². The zero-order valence-electron chi connectivity index (χ0n) is 13.1. The molecular weight excluding hydrogens is 250 g/mol. The Balaban J connectivity index is 2.34. The van der Waals surface area contributed by atoms with Crippen LogP contribution in [0.25, 0.3) is 0 Å². The van der Waals surface area contributed by atoms with Crippen molar-refractivity contribution in [2.45, 2.75) is 65.0 Å². The zero-order chi connectivity index (χ0) is 14.6. The third-order valence-electron chi connectivity index (χ3n) is 4.61. The van der Waals surface area contributed by atoms with Crippen molar-refractivity contribution in [3.05, 3.63) is 18.2 Å². The molecule has 0 bridgehead atoms. The Hall–Kier alpha value is -1.16. The van der Waals surface area contributed by atoms with Gasteiger partial charge in [-0.1, -0.05) is 33.6 Å². The van der Waals surface area contributed by atoms with Gasteiger partial charge in [0.05, 0.1) is 5.54 Å². The number of carbonyl (C=O) groups excluding carboxylic acids is 1. The predicted octanol–water partition coefficient (Wildman–Crippen LogP) is 3.13. The standard InChI is InChI=1S/C16H27N3O/c1-4-12-18-13-11-17-15(18)14(20)16(9-7-8-10-16)19(5-2)6-3/h11,13H,4-10,12H2,1-3H3. The molecule has 1 heterocycles. The van der Waals surface area contributed by atoms with E-state index in [0.717, 1.165) is 51.7 Å². The van der Waals surface area contributed by atoms with E-state index in [1.54, 1.807) is 6.20 Å². The minimum Gasteiger partial charge on any atom is -0.328 e. The molecule has 1 aliphatic rings. The van der Waals surface area contributed by atoms with Crippen LogP contribution in [0.1, 0.15) is 63.5 Å². The van der Waals surface area contributed by atoms with Gasteiger partial charge in [-0.3, -0.25) is 9.69 Å². The number of Topliss-reactive ketones (excluding diaryl/α,β-unsaturated/α-hetero) is 1. The first-order valence-electron chi connectivity index (χ1n) is 8.00. The van der Waals surface area contributed by atoms with E-state index in [9.17, 15) is 4.79 Å². The molecule has 1 fully saturated rings. The fourth-order valence-corrected chi connectivity index (χ4v) is 3.62. The average molecular weight is 277 g/mol. The summed E-state index contributed by atoms with van der Waals surface area (Å²) in [6.07, 6.45) is 8.97. The van der Waals surface area contributed by atoms with Crippen LogP contribution in [0.15, 0.2) is 12.4 Å². The summed E-state index contributed by atoms with van der Waals surface area (Å²) in [5, 5.41) is 0. The molecule has 2 rings (SSSR count). The molecule has 1 aliphatic carbocycles. The highest BCUT2D eigenvalue weighted by atomic mass is 16.1. The fraction of sp³-hybridized carbons (Fsp3) is 0.750. The largest absolute Gasteiger partial charge is 0.328 e. The minimum absolute atomic E-state index is 0.233. The van der Waals surface area contributed by atoms with Crippen molar-refractivity contribution >= 4 is 5.78 Å². The van der Waals surface area contributed by atoms with E-state index < -0.39 is 0 Å². The van der Waals surface area contributed by atoms with E-state index in [1.165, 1.54) is 0 Å². The summed E-state index contributed by atoms with van der Waals surface area (Å²) in [6, 6.07) is 0. The van der Waals surface area contributed by atoms with Gasteiger partial charge in [-0.2, -0.15) is 0 Å². The van der Waals surface area contributed by atoms with Crippen LogP contribution in [-0.4, -0.2) is 38.9 Å². The Morgan fingerprint density at radius 2 is 1.95 bits per heavy atom. The summed E-state index contributed by atoms with van der Waals surface area (Å²) in [4.78, 5) is 19.9. The number of ketones is 1. The Labute approximate surface area is 122 Å². The number of imidazole rings is 1. The van der Waals surface area contributed by atoms with Crippen LogP contribution in [-0.2, 0) is 6.54 Å². The normalized spacial score (nSPS) is 17.8. The molecule has 1 saturated carbocycles. The lowest BCUT2D eigenvalue weighted by Crippen LogP contribution is -2.53. The number of aryl methyl sites for hydroxylation is 1. The number of hydrogen-bond acceptors (Lipinski definition) is 3. The molecule has 0 unspecified atom stereocenters. The van der Waals surface area contributed by atoms with Gasteiger partial charge in [0.2, 0.25) is 5.78 Å². The topological polar surface area (TPSA) is 38.1 Å². The number of aromatic nitrogens is 2. The highest BCUT2D eigenvalue weighted by Gasteiger charge is 2.46. The molecule has 1 aromatic rings. The number of likely N-dealkylation sites (N-methyl/N-ethyl adjacent to an activating group) is 1. The minimum atomic E-state index is -0.305. The molecular formula is C16H27N3O. The van der Waals surface area contributed by atoms with E-state index in [4.69, 9.17) is 0 Å². The summed E-state index contributed by atoms with van der Waals surface area (Å²) in [5.41, 5.74) is -0.305. The van der Waals surface area contributed by atoms with Gasteiger partial charge in [0.1, 0.15) is 0 Å². The van der Waals surface area contributed by atoms with Crippen molar-refractivity contribution in [2.75, 3.05) is 13.1 Å². The van der Waals surface area contributed by atoms with Crippen molar-refractivity contribution in [3.8, 4) is 0 Å². The highest BCUT2D eigenvalue weighted by Crippen LogP contribution is 2.37. The smallest absolute Gasteiger partial charge is 0.218 e. The maximum absolute atomic E-state index is 13.2. The van der Waals surface area contributed by atoms with Gasteiger partial charge in [-0.25, -0.2) is 4.98 Å². The van der Waals surface area contributed by atoms with Crippen LogP contribution in [0, 0.1) is 0 Å². The second-order valence-electron chi connectivity index (χ2n) is 5.68. The Kier molecular flexibility index (Phi) is 4.97. The van der Waals surface area contributed by atoms with Crippen LogP contribution in [0.5, 0.6) is 0 Å². The van der Waals surface area contributed by atoms with Gasteiger partial charge in [0.25, 0.3) is 0 Å². The lowest BCUT2D eigenvalue weighted by atomic mass is 9.88. The maximum atomic E-state index is 13.2. The molecule has 0 aromatic carbocycles. The first kappa shape index (κ1) is 15.2. The lowest BCUT2D eigenvalue weighted by molar-refractivity contribution is 0.0568. The van der Waals surface area contributed by atoms with Crippen molar-refractivity contribution in [2.24, 2.45) is 0 Å². The third kappa shape index (κ3) is 2.53. The molecule has 0 radical (unpaired) electrons. The van der Waals surface area contributed by atoms with Crippen molar-refractivity contribution in [3.63, 3.8) is 0 Å². The van der Waals surface area contributed by atoms with E-state index in [1.807, 2.05) is 10.8 Å². The van der Waals surface area contributed by atoms with Crippen molar-refractivity contribution in [1.29, 1.82) is 0 Å². The van der Waals surface area contributed by atoms with Gasteiger partial charge in [0, 0.05) is 18.9 Å². The number of rotatable bonds is 7. The second kappa shape index (κ2) is 6.53. The van der Waals surface area contributed by atoms with Crippen LogP contribution < -0.4 is 0 Å². The van der Waals surface area contributed by atoms with E-state index in [2.05, 4.69) is 30.7 Å².